The molecule has 8 nitrogen and oxygen atoms in total. The fraction of sp³-hybridized carbons (Fsp3) is 0.667. The summed E-state index contributed by atoms with van der Waals surface area (Å²) in [5, 5.41) is 15.8. The molecular formula is C6H13O8P. The van der Waals surface area contributed by atoms with Crippen LogP contribution in [0, 0.1) is 0 Å². The Morgan fingerprint density at radius 1 is 1.13 bits per heavy atom. The Balaban J connectivity index is 0. The number of carbonyl (C=O) groups is 2. The van der Waals surface area contributed by atoms with Crippen molar-refractivity contribution in [3.63, 3.8) is 0 Å². The van der Waals surface area contributed by atoms with E-state index in [0.717, 1.165) is 0 Å². The molecule has 0 saturated carbocycles. The molecule has 0 spiro atoms. The van der Waals surface area contributed by atoms with Crippen LogP contribution in [0.1, 0.15) is 19.8 Å². The first-order valence-corrected chi connectivity index (χ1v) is 5.35. The average Bonchev–Trinajstić information content (AvgIpc) is 1.99. The smallest absolute Gasteiger partial charge is 0.469 e. The van der Waals surface area contributed by atoms with E-state index in [1.165, 1.54) is 6.92 Å². The van der Waals surface area contributed by atoms with Crippen molar-refractivity contribution in [2.75, 3.05) is 6.61 Å². The number of carboxylic acids is 2. The number of hydrogen-bond acceptors (Lipinski definition) is 4. The van der Waals surface area contributed by atoms with Crippen molar-refractivity contribution in [1.29, 1.82) is 0 Å². The molecule has 0 aromatic heterocycles. The summed E-state index contributed by atoms with van der Waals surface area (Å²) in [5.74, 6) is -2.15. The lowest BCUT2D eigenvalue weighted by molar-refractivity contribution is -0.143. The minimum absolute atomic E-state index is 0.0459. The number of aliphatic carboxylic acids is 2. The van der Waals surface area contributed by atoms with Gasteiger partial charge in [0.2, 0.25) is 0 Å². The van der Waals surface area contributed by atoms with Crippen molar-refractivity contribution in [3.05, 3.63) is 0 Å². The van der Waals surface area contributed by atoms with Crippen molar-refractivity contribution in [1.82, 2.24) is 0 Å². The zero-order valence-electron chi connectivity index (χ0n) is 7.99. The van der Waals surface area contributed by atoms with Gasteiger partial charge in [-0.3, -0.25) is 14.1 Å². The van der Waals surface area contributed by atoms with E-state index < -0.39 is 19.8 Å². The first-order chi connectivity index (χ1) is 6.69. The summed E-state index contributed by atoms with van der Waals surface area (Å²) < 4.78 is 13.6. The molecule has 0 aliphatic rings. The summed E-state index contributed by atoms with van der Waals surface area (Å²) in [7, 11) is -4.17. The second-order valence-electron chi connectivity index (χ2n) is 2.20. The molecule has 0 aromatic rings. The Morgan fingerprint density at radius 2 is 1.47 bits per heavy atom. The van der Waals surface area contributed by atoms with Gasteiger partial charge >= 0.3 is 19.8 Å². The van der Waals surface area contributed by atoms with Crippen LogP contribution >= 0.6 is 7.82 Å². The first-order valence-electron chi connectivity index (χ1n) is 3.82. The largest absolute Gasteiger partial charge is 0.481 e. The highest BCUT2D eigenvalue weighted by Crippen LogP contribution is 2.34. The summed E-state index contributed by atoms with van der Waals surface area (Å²) in [6.07, 6.45) is -0.593. The van der Waals surface area contributed by atoms with Crippen LogP contribution in [-0.4, -0.2) is 38.5 Å². The second kappa shape index (κ2) is 8.37. The fourth-order valence-corrected chi connectivity index (χ4v) is 0.718. The summed E-state index contributed by atoms with van der Waals surface area (Å²) in [6.45, 7) is 1.56. The number of phosphoric ester groups is 1. The van der Waals surface area contributed by atoms with E-state index >= 15 is 0 Å². The van der Waals surface area contributed by atoms with Gasteiger partial charge in [0.25, 0.3) is 0 Å². The van der Waals surface area contributed by atoms with Gasteiger partial charge in [-0.1, -0.05) is 0 Å². The first kappa shape index (κ1) is 16.5. The maximum Gasteiger partial charge on any atom is 0.469 e. The highest BCUT2D eigenvalue weighted by Gasteiger charge is 2.10. The maximum atomic E-state index is 9.70. The van der Waals surface area contributed by atoms with Gasteiger partial charge in [-0.15, -0.1) is 0 Å². The fourth-order valence-electron chi connectivity index (χ4n) is 0.382. The molecule has 9 heteroatoms. The van der Waals surface area contributed by atoms with Gasteiger partial charge in [0, 0.05) is 0 Å². The number of rotatable bonds is 5. The highest BCUT2D eigenvalue weighted by molar-refractivity contribution is 7.46. The van der Waals surface area contributed by atoms with E-state index in [2.05, 4.69) is 4.52 Å². The monoisotopic (exact) mass is 244 g/mol. The molecule has 0 heterocycles. The van der Waals surface area contributed by atoms with Crippen molar-refractivity contribution >= 4 is 19.8 Å². The predicted molar refractivity (Wildman–Crippen MR) is 48.2 cm³/mol. The van der Waals surface area contributed by atoms with E-state index in [1.807, 2.05) is 0 Å². The zero-order valence-corrected chi connectivity index (χ0v) is 8.88. The van der Waals surface area contributed by atoms with Crippen LogP contribution in [-0.2, 0) is 18.7 Å². The quantitative estimate of drug-likeness (QED) is 0.497. The van der Waals surface area contributed by atoms with Crippen LogP contribution in [0.2, 0.25) is 0 Å². The predicted octanol–water partition coefficient (Wildman–Crippen LogP) is 0.0514. The lowest BCUT2D eigenvalue weighted by atomic mass is 10.3. The lowest BCUT2D eigenvalue weighted by Gasteiger charge is -1.98. The summed E-state index contributed by atoms with van der Waals surface area (Å²) in [5.41, 5.74) is 0. The van der Waals surface area contributed by atoms with E-state index in [-0.39, 0.29) is 19.4 Å². The van der Waals surface area contributed by atoms with Gasteiger partial charge in [-0.25, -0.2) is 4.57 Å². The van der Waals surface area contributed by atoms with Crippen LogP contribution in [0.15, 0.2) is 0 Å². The van der Waals surface area contributed by atoms with Gasteiger partial charge < -0.3 is 20.0 Å². The van der Waals surface area contributed by atoms with Crippen LogP contribution in [0.5, 0.6) is 0 Å². The molecule has 0 aliphatic heterocycles. The summed E-state index contributed by atoms with van der Waals surface area (Å²) in [6, 6.07) is 0. The van der Waals surface area contributed by atoms with E-state index in [1.54, 1.807) is 0 Å². The molecule has 0 aromatic carbocycles. The van der Waals surface area contributed by atoms with Gasteiger partial charge in [-0.05, 0) is 6.92 Å². The van der Waals surface area contributed by atoms with E-state index in [9.17, 15) is 14.2 Å². The second-order valence-corrected chi connectivity index (χ2v) is 3.44. The molecule has 0 bridgehead atoms. The molecule has 0 atom stereocenters. The van der Waals surface area contributed by atoms with Crippen LogP contribution in [0.25, 0.3) is 0 Å². The molecule has 4 N–H and O–H groups in total. The molecule has 0 fully saturated rings. The summed E-state index contributed by atoms with van der Waals surface area (Å²) >= 11 is 0. The van der Waals surface area contributed by atoms with Crippen molar-refractivity contribution in [3.8, 4) is 0 Å². The third kappa shape index (κ3) is 24.6. The normalized spacial score (nSPS) is 10.1. The Hall–Kier alpha value is -0.950. The van der Waals surface area contributed by atoms with Crippen LogP contribution < -0.4 is 0 Å². The minimum Gasteiger partial charge on any atom is -0.481 e. The van der Waals surface area contributed by atoms with Crippen molar-refractivity contribution < 1.29 is 38.7 Å². The van der Waals surface area contributed by atoms with Crippen LogP contribution in [0.3, 0.4) is 0 Å². The minimum atomic E-state index is -4.17. The van der Waals surface area contributed by atoms with E-state index in [4.69, 9.17) is 20.0 Å². The van der Waals surface area contributed by atoms with E-state index in [0.29, 0.717) is 0 Å². The highest BCUT2D eigenvalue weighted by atomic mass is 31.2. The molecule has 0 amide bonds. The number of carboxylic acid groups (broad SMARTS) is 2. The topological polar surface area (TPSA) is 141 Å². The SMILES string of the molecule is CCOP(=O)(O)O.O=C(O)CCC(=O)O. The molecular weight excluding hydrogens is 231 g/mol. The standard InChI is InChI=1S/C4H6O4.C2H7O4P/c5-3(6)1-2-4(7)8;1-2-6-7(3,4)5/h1-2H2,(H,5,6)(H,7,8);2H2,1H3,(H2,3,4,5). The number of phosphoric acid groups is 1. The van der Waals surface area contributed by atoms with Gasteiger partial charge in [0.1, 0.15) is 0 Å². The Kier molecular flexibility index (Phi) is 9.19. The molecule has 0 unspecified atom stereocenters. The third-order valence-electron chi connectivity index (χ3n) is 0.850. The van der Waals surface area contributed by atoms with Gasteiger partial charge in [0.05, 0.1) is 19.4 Å². The van der Waals surface area contributed by atoms with Gasteiger partial charge in [-0.2, -0.15) is 0 Å². The summed E-state index contributed by atoms with van der Waals surface area (Å²) in [4.78, 5) is 35.1. The Labute approximate surface area is 85.7 Å². The zero-order chi connectivity index (χ0) is 12.5. The molecule has 0 aliphatic carbocycles. The maximum absolute atomic E-state index is 9.70. The lowest BCUT2D eigenvalue weighted by Crippen LogP contribution is -2.00. The third-order valence-corrected chi connectivity index (χ3v) is 1.44. The Bertz CT molecular complexity index is 230. The average molecular weight is 244 g/mol. The Morgan fingerprint density at radius 3 is 1.53 bits per heavy atom. The molecule has 0 saturated heterocycles. The van der Waals surface area contributed by atoms with Crippen LogP contribution in [0.4, 0.5) is 0 Å². The van der Waals surface area contributed by atoms with Gasteiger partial charge in [0.15, 0.2) is 0 Å². The number of hydrogen-bond donors (Lipinski definition) is 4. The van der Waals surface area contributed by atoms with Crippen molar-refractivity contribution in [2.24, 2.45) is 0 Å². The molecule has 0 rings (SSSR count). The molecule has 0 radical (unpaired) electrons. The van der Waals surface area contributed by atoms with Crippen molar-refractivity contribution in [2.45, 2.75) is 19.8 Å². The molecule has 90 valence electrons. The molecule has 15 heavy (non-hydrogen) atoms.